The summed E-state index contributed by atoms with van der Waals surface area (Å²) in [4.78, 5) is 17.7. The first-order valence-corrected chi connectivity index (χ1v) is 11.9. The van der Waals surface area contributed by atoms with Crippen molar-refractivity contribution >= 4 is 54.8 Å². The number of amides is 1. The molecule has 0 aliphatic carbocycles. The van der Waals surface area contributed by atoms with Crippen molar-refractivity contribution < 1.29 is 13.2 Å². The third-order valence-corrected chi connectivity index (χ3v) is 7.39. The van der Waals surface area contributed by atoms with Gasteiger partial charge in [-0.05, 0) is 55.5 Å². The smallest absolute Gasteiger partial charge is 0.279 e. The Morgan fingerprint density at radius 2 is 1.81 bits per heavy atom. The Morgan fingerprint density at radius 3 is 2.55 bits per heavy atom. The average Bonchev–Trinajstić information content (AvgIpc) is 3.02. The van der Waals surface area contributed by atoms with Gasteiger partial charge in [-0.15, -0.1) is 0 Å². The van der Waals surface area contributed by atoms with Crippen LogP contribution < -0.4 is 9.52 Å². The number of nitrogens with one attached hydrogen (secondary N) is 1. The number of halogens is 1. The first kappa shape index (κ1) is 21.3. The molecule has 0 aliphatic rings. The maximum Gasteiger partial charge on any atom is 0.279 e. The van der Waals surface area contributed by atoms with Crippen LogP contribution in [0.5, 0.6) is 0 Å². The number of benzene rings is 3. The van der Waals surface area contributed by atoms with Gasteiger partial charge < -0.3 is 4.57 Å². The Kier molecular flexibility index (Phi) is 5.70. The van der Waals surface area contributed by atoms with Crippen LogP contribution >= 0.6 is 22.9 Å². The second-order valence-corrected chi connectivity index (χ2v) is 10.1. The quantitative estimate of drug-likeness (QED) is 0.466. The topological polar surface area (TPSA) is 80.5 Å². The molecule has 3 aromatic carbocycles. The molecule has 0 radical (unpaired) electrons. The van der Waals surface area contributed by atoms with Crippen LogP contribution in [0.2, 0.25) is 5.02 Å². The highest BCUT2D eigenvalue weighted by atomic mass is 35.5. The Hall–Kier alpha value is -2.94. The lowest BCUT2D eigenvalue weighted by Crippen LogP contribution is -2.14. The summed E-state index contributed by atoms with van der Waals surface area (Å²) >= 11 is 7.40. The fourth-order valence-electron chi connectivity index (χ4n) is 3.01. The summed E-state index contributed by atoms with van der Waals surface area (Å²) in [5.74, 6) is -0.468. The third-order valence-electron chi connectivity index (χ3n) is 4.66. The molecule has 158 valence electrons. The Balaban J connectivity index is 1.64. The molecule has 1 amide bonds. The summed E-state index contributed by atoms with van der Waals surface area (Å²) in [5, 5.41) is 0.612. The monoisotopic (exact) mass is 471 g/mol. The van der Waals surface area contributed by atoms with Gasteiger partial charge in [0.15, 0.2) is 4.80 Å². The standard InChI is InChI=1S/C22H18ClN3O3S2/c1-14-6-9-18(10-7-14)31(28,29)25-17-5-3-4-15(12-17)21(27)24-22-26(2)19-11-8-16(23)13-20(19)30-22/h3-13,25H,1-2H3. The van der Waals surface area contributed by atoms with Crippen molar-refractivity contribution in [3.8, 4) is 0 Å². The number of carbonyl (C=O) groups is 1. The first-order chi connectivity index (χ1) is 14.7. The molecule has 0 aliphatic heterocycles. The Morgan fingerprint density at radius 1 is 1.06 bits per heavy atom. The van der Waals surface area contributed by atoms with E-state index in [0.717, 1.165) is 15.8 Å². The van der Waals surface area contributed by atoms with Gasteiger partial charge in [-0.2, -0.15) is 4.99 Å². The molecule has 0 fully saturated rings. The molecule has 0 atom stereocenters. The van der Waals surface area contributed by atoms with E-state index >= 15 is 0 Å². The lowest BCUT2D eigenvalue weighted by molar-refractivity contribution is 0.0998. The number of sulfonamides is 1. The lowest BCUT2D eigenvalue weighted by atomic mass is 10.2. The molecule has 4 aromatic rings. The second-order valence-electron chi connectivity index (χ2n) is 6.97. The summed E-state index contributed by atoms with van der Waals surface area (Å²) < 4.78 is 30.5. The zero-order chi connectivity index (χ0) is 22.2. The molecular formula is C22H18ClN3O3S2. The fourth-order valence-corrected chi connectivity index (χ4v) is 5.36. The van der Waals surface area contributed by atoms with E-state index in [0.29, 0.717) is 9.82 Å². The van der Waals surface area contributed by atoms with Crippen molar-refractivity contribution in [1.82, 2.24) is 4.57 Å². The van der Waals surface area contributed by atoms with Crippen LogP contribution in [0.4, 0.5) is 5.69 Å². The summed E-state index contributed by atoms with van der Waals surface area (Å²) in [5.41, 5.74) is 2.44. The molecule has 1 aromatic heterocycles. The lowest BCUT2D eigenvalue weighted by Gasteiger charge is -2.09. The molecule has 1 heterocycles. The number of nitrogens with zero attached hydrogens (tertiary/aromatic N) is 2. The molecule has 0 saturated heterocycles. The zero-order valence-electron chi connectivity index (χ0n) is 16.7. The van der Waals surface area contributed by atoms with Gasteiger partial charge >= 0.3 is 0 Å². The van der Waals surface area contributed by atoms with Gasteiger partial charge in [0.1, 0.15) is 0 Å². The van der Waals surface area contributed by atoms with Gasteiger partial charge in [0, 0.05) is 23.3 Å². The highest BCUT2D eigenvalue weighted by Crippen LogP contribution is 2.22. The molecular weight excluding hydrogens is 454 g/mol. The van der Waals surface area contributed by atoms with Gasteiger partial charge in [-0.25, -0.2) is 8.42 Å². The number of rotatable bonds is 4. The minimum atomic E-state index is -3.77. The van der Waals surface area contributed by atoms with Crippen LogP contribution in [0.3, 0.4) is 0 Å². The maximum atomic E-state index is 12.8. The van der Waals surface area contributed by atoms with E-state index in [9.17, 15) is 13.2 Å². The van der Waals surface area contributed by atoms with Gasteiger partial charge in [0.2, 0.25) is 0 Å². The largest absolute Gasteiger partial charge is 0.319 e. The zero-order valence-corrected chi connectivity index (χ0v) is 19.1. The number of thiazole rings is 1. The molecule has 31 heavy (non-hydrogen) atoms. The summed E-state index contributed by atoms with van der Waals surface area (Å²) in [6, 6.07) is 18.3. The summed E-state index contributed by atoms with van der Waals surface area (Å²) in [6.07, 6.45) is 0. The number of hydrogen-bond donors (Lipinski definition) is 1. The number of hydrogen-bond acceptors (Lipinski definition) is 4. The molecule has 6 nitrogen and oxygen atoms in total. The minimum Gasteiger partial charge on any atom is -0.319 e. The first-order valence-electron chi connectivity index (χ1n) is 9.27. The van der Waals surface area contributed by atoms with E-state index in [4.69, 9.17) is 11.6 Å². The number of fused-ring (bicyclic) bond motifs is 1. The second kappa shape index (κ2) is 8.30. The molecule has 0 saturated carbocycles. The number of anilines is 1. The van der Waals surface area contributed by atoms with E-state index in [1.54, 1.807) is 36.4 Å². The predicted octanol–water partition coefficient (Wildman–Crippen LogP) is 4.74. The van der Waals surface area contributed by atoms with Crippen molar-refractivity contribution in [2.45, 2.75) is 11.8 Å². The van der Waals surface area contributed by atoms with Crippen LogP contribution in [0, 0.1) is 6.92 Å². The van der Waals surface area contributed by atoms with Crippen molar-refractivity contribution in [1.29, 1.82) is 0 Å². The normalized spacial score (nSPS) is 12.3. The van der Waals surface area contributed by atoms with Gasteiger partial charge in [0.05, 0.1) is 15.1 Å². The van der Waals surface area contributed by atoms with Crippen molar-refractivity contribution in [3.63, 3.8) is 0 Å². The molecule has 9 heteroatoms. The van der Waals surface area contributed by atoms with E-state index in [1.807, 2.05) is 30.7 Å². The average molecular weight is 472 g/mol. The van der Waals surface area contributed by atoms with Crippen LogP contribution in [0.15, 0.2) is 76.6 Å². The number of carbonyl (C=O) groups excluding carboxylic acids is 1. The van der Waals surface area contributed by atoms with E-state index in [1.165, 1.54) is 29.5 Å². The van der Waals surface area contributed by atoms with Gasteiger partial charge in [0.25, 0.3) is 15.9 Å². The number of aromatic nitrogens is 1. The van der Waals surface area contributed by atoms with E-state index in [2.05, 4.69) is 9.71 Å². The summed E-state index contributed by atoms with van der Waals surface area (Å²) in [6.45, 7) is 1.88. The van der Waals surface area contributed by atoms with E-state index in [-0.39, 0.29) is 16.1 Å². The SMILES string of the molecule is Cc1ccc(S(=O)(=O)Nc2cccc(C(=O)N=c3sc4cc(Cl)ccc4n3C)c2)cc1. The molecule has 0 bridgehead atoms. The Bertz CT molecular complexity index is 1470. The van der Waals surface area contributed by atoms with E-state index < -0.39 is 15.9 Å². The van der Waals surface area contributed by atoms with Crippen LogP contribution in [0.1, 0.15) is 15.9 Å². The van der Waals surface area contributed by atoms with Crippen molar-refractivity contribution in [2.75, 3.05) is 4.72 Å². The van der Waals surface area contributed by atoms with Crippen LogP contribution in [-0.2, 0) is 17.1 Å². The molecule has 4 rings (SSSR count). The third kappa shape index (κ3) is 4.56. The molecule has 0 spiro atoms. The van der Waals surface area contributed by atoms with Crippen molar-refractivity contribution in [2.24, 2.45) is 12.0 Å². The predicted molar refractivity (Wildman–Crippen MR) is 124 cm³/mol. The van der Waals surface area contributed by atoms with Crippen LogP contribution in [-0.4, -0.2) is 18.9 Å². The van der Waals surface area contributed by atoms with Gasteiger partial charge in [-0.3, -0.25) is 9.52 Å². The van der Waals surface area contributed by atoms with Crippen molar-refractivity contribution in [3.05, 3.63) is 87.7 Å². The van der Waals surface area contributed by atoms with Crippen LogP contribution in [0.25, 0.3) is 10.2 Å². The summed E-state index contributed by atoms with van der Waals surface area (Å²) in [7, 11) is -1.94. The maximum absolute atomic E-state index is 12.8. The molecule has 1 N–H and O–H groups in total. The highest BCUT2D eigenvalue weighted by molar-refractivity contribution is 7.92. The fraction of sp³-hybridized carbons (Fsp3) is 0.0909. The highest BCUT2D eigenvalue weighted by Gasteiger charge is 2.15. The van der Waals surface area contributed by atoms with Gasteiger partial charge in [-0.1, -0.05) is 46.7 Å². The molecule has 0 unspecified atom stereocenters. The minimum absolute atomic E-state index is 0.149. The Labute approximate surface area is 188 Å². The number of aryl methyl sites for hydroxylation is 2.